The van der Waals surface area contributed by atoms with E-state index in [9.17, 15) is 4.79 Å². The average molecular weight is 332 g/mol. The first kappa shape index (κ1) is 17.2. The number of nitrogens with two attached hydrogens (primary N) is 1. The molecule has 0 fully saturated rings. The minimum atomic E-state index is -0.224. The van der Waals surface area contributed by atoms with Crippen LogP contribution in [-0.4, -0.2) is 17.5 Å². The van der Waals surface area contributed by atoms with Crippen LogP contribution in [-0.2, 0) is 0 Å². The van der Waals surface area contributed by atoms with Crippen LogP contribution in [0.2, 0.25) is 0 Å². The molecule has 0 saturated heterocycles. The van der Waals surface area contributed by atoms with Gasteiger partial charge >= 0.3 is 0 Å². The van der Waals surface area contributed by atoms with E-state index in [1.165, 1.54) is 0 Å². The molecule has 0 amide bonds. The van der Waals surface area contributed by atoms with Crippen molar-refractivity contribution in [2.45, 2.75) is 12.5 Å². The van der Waals surface area contributed by atoms with Gasteiger partial charge in [-0.15, -0.1) is 12.4 Å². The van der Waals surface area contributed by atoms with Gasteiger partial charge < -0.3 is 15.3 Å². The van der Waals surface area contributed by atoms with Gasteiger partial charge in [0.15, 0.2) is 5.76 Å². The Morgan fingerprint density at radius 2 is 1.87 bits per heavy atom. The Hall–Kier alpha value is -2.14. The van der Waals surface area contributed by atoms with Gasteiger partial charge in [-0.2, -0.15) is 0 Å². The highest BCUT2D eigenvalue weighted by molar-refractivity contribution is 6.08. The lowest BCUT2D eigenvalue weighted by Gasteiger charge is -2.09. The van der Waals surface area contributed by atoms with Crippen molar-refractivity contribution in [1.82, 2.24) is 0 Å². The van der Waals surface area contributed by atoms with Gasteiger partial charge in [0.1, 0.15) is 5.58 Å². The first-order valence-electron chi connectivity index (χ1n) is 7.18. The number of aliphatic hydroxyl groups is 1. The van der Waals surface area contributed by atoms with Crippen molar-refractivity contribution in [3.05, 3.63) is 71.5 Å². The van der Waals surface area contributed by atoms with Crippen LogP contribution in [0.1, 0.15) is 34.1 Å². The Kier molecular flexibility index (Phi) is 5.55. The summed E-state index contributed by atoms with van der Waals surface area (Å²) < 4.78 is 5.64. The maximum atomic E-state index is 12.4. The molecule has 4 nitrogen and oxygen atoms in total. The Morgan fingerprint density at radius 3 is 2.57 bits per heavy atom. The van der Waals surface area contributed by atoms with Gasteiger partial charge in [-0.3, -0.25) is 4.79 Å². The van der Waals surface area contributed by atoms with Crippen LogP contribution in [0.5, 0.6) is 0 Å². The molecular weight excluding hydrogens is 314 g/mol. The number of hydrogen-bond acceptors (Lipinski definition) is 4. The Bertz CT molecular complexity index is 798. The molecule has 0 radical (unpaired) electrons. The fourth-order valence-corrected chi connectivity index (χ4v) is 2.44. The normalized spacial score (nSPS) is 11.9. The molecule has 0 bridgehead atoms. The topological polar surface area (TPSA) is 76.5 Å². The maximum Gasteiger partial charge on any atom is 0.228 e. The number of fused-ring (bicyclic) bond motifs is 1. The number of halogens is 1. The Morgan fingerprint density at radius 1 is 1.13 bits per heavy atom. The van der Waals surface area contributed by atoms with Gasteiger partial charge in [0, 0.05) is 23.6 Å². The minimum Gasteiger partial charge on any atom is -0.453 e. The van der Waals surface area contributed by atoms with Crippen molar-refractivity contribution >= 4 is 29.2 Å². The summed E-state index contributed by atoms with van der Waals surface area (Å²) in [5.41, 5.74) is 8.16. The molecule has 2 aromatic carbocycles. The molecule has 1 heterocycles. The van der Waals surface area contributed by atoms with E-state index >= 15 is 0 Å². The fraction of sp³-hybridized carbons (Fsp3) is 0.167. The molecule has 0 spiro atoms. The third-order valence-corrected chi connectivity index (χ3v) is 3.67. The minimum absolute atomic E-state index is 0. The number of hydrogen-bond donors (Lipinski definition) is 2. The SMILES string of the molecule is Cl.NC(CCO)c1ccc2oc(C(=O)c3ccccc3)cc2c1. The van der Waals surface area contributed by atoms with Gasteiger partial charge in [-0.1, -0.05) is 36.4 Å². The molecule has 0 saturated carbocycles. The Balaban J connectivity index is 0.00000192. The van der Waals surface area contributed by atoms with Gasteiger partial charge in [0.05, 0.1) is 0 Å². The number of carbonyl (C=O) groups is 1. The highest BCUT2D eigenvalue weighted by Crippen LogP contribution is 2.25. The molecule has 1 atom stereocenters. The summed E-state index contributed by atoms with van der Waals surface area (Å²) >= 11 is 0. The Labute approximate surface area is 140 Å². The summed E-state index contributed by atoms with van der Waals surface area (Å²) in [6.45, 7) is 0.0440. The summed E-state index contributed by atoms with van der Waals surface area (Å²) in [4.78, 5) is 12.4. The molecule has 120 valence electrons. The number of furan rings is 1. The van der Waals surface area contributed by atoms with Crippen molar-refractivity contribution in [1.29, 1.82) is 0 Å². The second kappa shape index (κ2) is 7.42. The van der Waals surface area contributed by atoms with Crippen LogP contribution < -0.4 is 5.73 Å². The summed E-state index contributed by atoms with van der Waals surface area (Å²) in [7, 11) is 0. The molecule has 3 aromatic rings. The molecule has 0 aliphatic rings. The molecule has 3 N–H and O–H groups in total. The van der Waals surface area contributed by atoms with Crippen molar-refractivity contribution in [2.75, 3.05) is 6.61 Å². The maximum absolute atomic E-state index is 12.4. The van der Waals surface area contributed by atoms with Crippen LogP contribution in [0.3, 0.4) is 0 Å². The first-order chi connectivity index (χ1) is 10.7. The van der Waals surface area contributed by atoms with E-state index in [1.54, 1.807) is 18.2 Å². The predicted octanol–water partition coefficient (Wildman–Crippen LogP) is 3.47. The summed E-state index contributed by atoms with van der Waals surface area (Å²) in [6.07, 6.45) is 0.499. The van der Waals surface area contributed by atoms with Crippen molar-refractivity contribution in [2.24, 2.45) is 5.73 Å². The molecule has 0 aliphatic heterocycles. The number of carbonyl (C=O) groups excluding carboxylic acids is 1. The standard InChI is InChI=1S/C18H17NO3.ClH/c19-15(8-9-20)13-6-7-16-14(10-13)11-17(22-16)18(21)12-4-2-1-3-5-12;/h1-7,10-11,15,20H,8-9,19H2;1H. The van der Waals surface area contributed by atoms with Crippen LogP contribution in [0.15, 0.2) is 59.0 Å². The lowest BCUT2D eigenvalue weighted by molar-refractivity contribution is 0.101. The van der Waals surface area contributed by atoms with E-state index in [4.69, 9.17) is 15.3 Å². The highest BCUT2D eigenvalue weighted by atomic mass is 35.5. The van der Waals surface area contributed by atoms with Gasteiger partial charge in [0.25, 0.3) is 0 Å². The van der Waals surface area contributed by atoms with Gasteiger partial charge in [-0.05, 0) is 30.2 Å². The van der Waals surface area contributed by atoms with Crippen LogP contribution >= 0.6 is 12.4 Å². The zero-order valence-electron chi connectivity index (χ0n) is 12.4. The van der Waals surface area contributed by atoms with Crippen molar-refractivity contribution in [3.63, 3.8) is 0 Å². The van der Waals surface area contributed by atoms with Crippen LogP contribution in [0.4, 0.5) is 0 Å². The fourth-order valence-electron chi connectivity index (χ4n) is 2.44. The molecule has 1 unspecified atom stereocenters. The summed E-state index contributed by atoms with van der Waals surface area (Å²) in [5, 5.41) is 9.81. The predicted molar refractivity (Wildman–Crippen MR) is 92.0 cm³/mol. The number of aliphatic hydroxyl groups excluding tert-OH is 1. The number of benzene rings is 2. The van der Waals surface area contributed by atoms with E-state index in [0.717, 1.165) is 10.9 Å². The third kappa shape index (κ3) is 3.62. The van der Waals surface area contributed by atoms with E-state index in [2.05, 4.69) is 0 Å². The summed E-state index contributed by atoms with van der Waals surface area (Å²) in [5.74, 6) is 0.173. The second-order valence-corrected chi connectivity index (χ2v) is 5.22. The van der Waals surface area contributed by atoms with Crippen LogP contribution in [0, 0.1) is 0 Å². The first-order valence-corrected chi connectivity index (χ1v) is 7.18. The second-order valence-electron chi connectivity index (χ2n) is 5.22. The molecular formula is C18H18ClNO3. The number of ketones is 1. The van der Waals surface area contributed by atoms with Crippen LogP contribution in [0.25, 0.3) is 11.0 Å². The van der Waals surface area contributed by atoms with E-state index in [0.29, 0.717) is 23.3 Å². The monoisotopic (exact) mass is 331 g/mol. The van der Waals surface area contributed by atoms with Crippen molar-refractivity contribution < 1.29 is 14.3 Å². The highest BCUT2D eigenvalue weighted by Gasteiger charge is 2.15. The molecule has 1 aromatic heterocycles. The smallest absolute Gasteiger partial charge is 0.228 e. The molecule has 3 rings (SSSR count). The van der Waals surface area contributed by atoms with E-state index < -0.39 is 0 Å². The number of rotatable bonds is 5. The quantitative estimate of drug-likeness (QED) is 0.702. The zero-order valence-corrected chi connectivity index (χ0v) is 13.3. The lowest BCUT2D eigenvalue weighted by Crippen LogP contribution is -2.11. The lowest BCUT2D eigenvalue weighted by atomic mass is 10.0. The average Bonchev–Trinajstić information content (AvgIpc) is 2.98. The van der Waals surface area contributed by atoms with Gasteiger partial charge in [-0.25, -0.2) is 0 Å². The largest absolute Gasteiger partial charge is 0.453 e. The van der Waals surface area contributed by atoms with Gasteiger partial charge in [0.2, 0.25) is 5.78 Å². The molecule has 5 heteroatoms. The third-order valence-electron chi connectivity index (χ3n) is 3.67. The molecule has 23 heavy (non-hydrogen) atoms. The molecule has 0 aliphatic carbocycles. The zero-order chi connectivity index (χ0) is 15.5. The van der Waals surface area contributed by atoms with Crippen molar-refractivity contribution in [3.8, 4) is 0 Å². The van der Waals surface area contributed by atoms with E-state index in [-0.39, 0.29) is 30.8 Å². The van der Waals surface area contributed by atoms with E-state index in [1.807, 2.05) is 36.4 Å². The summed E-state index contributed by atoms with van der Waals surface area (Å²) in [6, 6.07) is 16.1.